The number of rotatable bonds is 4. The van der Waals surface area contributed by atoms with E-state index in [0.717, 1.165) is 5.41 Å². The lowest BCUT2D eigenvalue weighted by molar-refractivity contribution is -0.132. The van der Waals surface area contributed by atoms with Gasteiger partial charge in [-0.15, -0.1) is 34.8 Å². The average molecular weight is 267 g/mol. The van der Waals surface area contributed by atoms with Gasteiger partial charge in [-0.3, -0.25) is 4.21 Å². The maximum Gasteiger partial charge on any atom is 0.352 e. The first kappa shape index (κ1) is 13.0. The molecule has 0 heterocycles. The van der Waals surface area contributed by atoms with Crippen molar-refractivity contribution in [2.45, 2.75) is 9.55 Å². The van der Waals surface area contributed by atoms with Crippen LogP contribution in [-0.4, -0.2) is 24.8 Å². The van der Waals surface area contributed by atoms with Gasteiger partial charge in [0.2, 0.25) is 0 Å². The van der Waals surface area contributed by atoms with Crippen LogP contribution in [0.2, 0.25) is 0 Å². The van der Waals surface area contributed by atoms with Gasteiger partial charge in [-0.2, -0.15) is 0 Å². The van der Waals surface area contributed by atoms with Gasteiger partial charge in [-0.05, 0) is 0 Å². The third kappa shape index (κ3) is 4.71. The summed E-state index contributed by atoms with van der Waals surface area (Å²) in [7, 11) is -1.81. The Morgan fingerprint density at radius 1 is 1.46 bits per heavy atom. The van der Waals surface area contributed by atoms with Crippen molar-refractivity contribution in [3.8, 4) is 0 Å². The Balaban J connectivity index is 4.46. The van der Waals surface area contributed by atoms with Crippen molar-refractivity contribution in [1.29, 1.82) is 0 Å². The van der Waals surface area contributed by atoms with E-state index in [1.165, 1.54) is 0 Å². The monoisotopic (exact) mass is 265 g/mol. The molecule has 0 radical (unpaired) electrons. The summed E-state index contributed by atoms with van der Waals surface area (Å²) in [4.78, 5) is 9.14. The quantitative estimate of drug-likeness (QED) is 0.587. The van der Waals surface area contributed by atoms with Crippen LogP contribution in [0, 0.1) is 0 Å². The van der Waals surface area contributed by atoms with Crippen molar-refractivity contribution in [3.63, 3.8) is 0 Å². The van der Waals surface area contributed by atoms with Crippen LogP contribution in [0.5, 0.6) is 0 Å². The predicted molar refractivity (Wildman–Crippen MR) is 53.2 cm³/mol. The van der Waals surface area contributed by atoms with Gasteiger partial charge in [0.15, 0.2) is 0 Å². The van der Waals surface area contributed by atoms with Crippen LogP contribution in [-0.2, 0) is 15.6 Å². The molecule has 76 valence electrons. The van der Waals surface area contributed by atoms with Crippen molar-refractivity contribution < 1.29 is 14.1 Å². The summed E-state index contributed by atoms with van der Waals surface area (Å²) in [5.74, 6) is -1.38. The fourth-order valence-electron chi connectivity index (χ4n) is 0.342. The van der Waals surface area contributed by atoms with Crippen LogP contribution >= 0.6 is 34.8 Å². The van der Waals surface area contributed by atoms with E-state index in [9.17, 15) is 9.00 Å². The number of halogens is 3. The van der Waals surface area contributed by atoms with Crippen LogP contribution in [0.3, 0.4) is 0 Å². The van der Waals surface area contributed by atoms with E-state index < -0.39 is 32.0 Å². The fourth-order valence-corrected chi connectivity index (χ4v) is 1.79. The zero-order chi connectivity index (χ0) is 10.6. The summed E-state index contributed by atoms with van der Waals surface area (Å²) in [5.41, 5.74) is 4.42. The summed E-state index contributed by atoms with van der Waals surface area (Å²) in [5, 5.41) is 9.10. The zero-order valence-corrected chi connectivity index (χ0v) is 9.20. The number of aliphatic carboxylic acids is 1. The maximum absolute atomic E-state index is 11.1. The Kier molecular flexibility index (Phi) is 5.71. The molecule has 2 unspecified atom stereocenters. The smallest absolute Gasteiger partial charge is 0.352 e. The molecule has 0 aromatic heterocycles. The fraction of sp³-hybridized carbons (Fsp3) is 0.400. The van der Waals surface area contributed by atoms with Crippen LogP contribution in [0.1, 0.15) is 0 Å². The van der Waals surface area contributed by atoms with Gasteiger partial charge < -0.3 is 10.8 Å². The number of alkyl halides is 3. The molecule has 3 N–H and O–H groups in total. The largest absolute Gasteiger partial charge is 0.477 e. The third-order valence-electron chi connectivity index (χ3n) is 0.910. The first-order valence-corrected chi connectivity index (χ1v) is 5.47. The third-order valence-corrected chi connectivity index (χ3v) is 3.95. The number of carboxylic acid groups (broad SMARTS) is 1. The molecule has 0 aromatic rings. The second-order valence-corrected chi connectivity index (χ2v) is 5.19. The highest BCUT2D eigenvalue weighted by atomic mass is 35.5. The normalized spacial score (nSPS) is 17.1. The molecule has 2 atom stereocenters. The highest BCUT2D eigenvalue weighted by Gasteiger charge is 2.20. The number of hydrogen-bond donors (Lipinski definition) is 2. The molecule has 8 heteroatoms. The molecule has 0 aliphatic rings. The van der Waals surface area contributed by atoms with Crippen LogP contribution < -0.4 is 5.73 Å². The van der Waals surface area contributed by atoms with Crippen molar-refractivity contribution in [3.05, 3.63) is 11.1 Å². The second-order valence-electron chi connectivity index (χ2n) is 1.89. The number of hydrogen-bond acceptors (Lipinski definition) is 3. The molecule has 0 spiro atoms. The molecule has 13 heavy (non-hydrogen) atoms. The number of carboxylic acids is 1. The highest BCUT2D eigenvalue weighted by molar-refractivity contribution is 7.90. The van der Waals surface area contributed by atoms with Crippen molar-refractivity contribution >= 4 is 51.6 Å². The Morgan fingerprint density at radius 3 is 2.23 bits per heavy atom. The molecule has 0 aliphatic heterocycles. The number of nitrogens with two attached hydrogens (primary N) is 1. The van der Waals surface area contributed by atoms with E-state index in [0.29, 0.717) is 0 Å². The van der Waals surface area contributed by atoms with Crippen LogP contribution in [0.4, 0.5) is 0 Å². The van der Waals surface area contributed by atoms with Gasteiger partial charge >= 0.3 is 5.97 Å². The summed E-state index contributed by atoms with van der Waals surface area (Å²) in [6, 6.07) is 0. The first-order chi connectivity index (χ1) is 5.86. The van der Waals surface area contributed by atoms with E-state index in [-0.39, 0.29) is 0 Å². The molecule has 0 fully saturated rings. The Hall–Kier alpha value is 0.0300. The van der Waals surface area contributed by atoms with E-state index in [1.807, 2.05) is 0 Å². The summed E-state index contributed by atoms with van der Waals surface area (Å²) >= 11 is 16.1. The van der Waals surface area contributed by atoms with E-state index in [1.54, 1.807) is 0 Å². The van der Waals surface area contributed by atoms with Gasteiger partial charge in [0.25, 0.3) is 0 Å². The SMILES string of the molecule is NC(=CS(=O)C(Cl)C(Cl)Cl)C(=O)O. The first-order valence-electron chi connectivity index (χ1n) is 2.88. The van der Waals surface area contributed by atoms with Crippen LogP contribution in [0.25, 0.3) is 0 Å². The summed E-state index contributed by atoms with van der Waals surface area (Å²) < 4.78 is 10.0. The second kappa shape index (κ2) is 5.70. The lowest BCUT2D eigenvalue weighted by atomic mass is 10.5. The molecule has 0 bridgehead atoms. The van der Waals surface area contributed by atoms with Gasteiger partial charge in [0.05, 0.1) is 10.8 Å². The standard InChI is InChI=1S/C5H6Cl3NO3S/c6-3(7)4(8)13(12)1-2(9)5(10)11/h1,3-4H,9H2,(H,10,11). The van der Waals surface area contributed by atoms with E-state index >= 15 is 0 Å². The lowest BCUT2D eigenvalue weighted by Gasteiger charge is -2.06. The zero-order valence-electron chi connectivity index (χ0n) is 6.12. The maximum atomic E-state index is 11.1. The topological polar surface area (TPSA) is 80.4 Å². The molecule has 0 saturated heterocycles. The number of carbonyl (C=O) groups is 1. The van der Waals surface area contributed by atoms with Gasteiger partial charge in [0.1, 0.15) is 15.2 Å². The molecule has 0 saturated carbocycles. The molecular weight excluding hydrogens is 260 g/mol. The molecule has 0 amide bonds. The Labute approximate surface area is 92.1 Å². The molecule has 0 rings (SSSR count). The minimum Gasteiger partial charge on any atom is -0.477 e. The van der Waals surface area contributed by atoms with Crippen molar-refractivity contribution in [2.24, 2.45) is 5.73 Å². The van der Waals surface area contributed by atoms with Gasteiger partial charge in [0, 0.05) is 5.41 Å². The van der Waals surface area contributed by atoms with Crippen molar-refractivity contribution in [1.82, 2.24) is 0 Å². The van der Waals surface area contributed by atoms with Gasteiger partial charge in [-0.1, -0.05) is 0 Å². The molecule has 4 nitrogen and oxygen atoms in total. The average Bonchev–Trinajstić information content (AvgIpc) is 2.02. The predicted octanol–water partition coefficient (Wildman–Crippen LogP) is 0.988. The molecular formula is C5H6Cl3NO3S. The lowest BCUT2D eigenvalue weighted by Crippen LogP contribution is -2.17. The highest BCUT2D eigenvalue weighted by Crippen LogP contribution is 2.18. The molecule has 0 aliphatic carbocycles. The Bertz CT molecular complexity index is 255. The minimum absolute atomic E-state index is 0.557. The summed E-state index contributed by atoms with van der Waals surface area (Å²) in [6.07, 6.45) is 0. The van der Waals surface area contributed by atoms with Crippen LogP contribution in [0.15, 0.2) is 11.1 Å². The van der Waals surface area contributed by atoms with E-state index in [4.69, 9.17) is 45.6 Å². The van der Waals surface area contributed by atoms with Gasteiger partial charge in [-0.25, -0.2) is 4.79 Å². The van der Waals surface area contributed by atoms with E-state index in [2.05, 4.69) is 0 Å². The minimum atomic E-state index is -1.81. The molecule has 0 aromatic carbocycles. The summed E-state index contributed by atoms with van der Waals surface area (Å²) in [6.45, 7) is 0. The Morgan fingerprint density at radius 2 is 1.92 bits per heavy atom. The van der Waals surface area contributed by atoms with Crippen molar-refractivity contribution in [2.75, 3.05) is 0 Å².